The van der Waals surface area contributed by atoms with Crippen molar-refractivity contribution in [3.05, 3.63) is 70.4 Å². The molecule has 2 N–H and O–H groups in total. The number of amides is 2. The molecule has 1 atom stereocenters. The lowest BCUT2D eigenvalue weighted by Crippen LogP contribution is -2.52. The molecule has 1 fully saturated rings. The number of anilines is 1. The smallest absolute Gasteiger partial charge is 0.338 e. The Kier molecular flexibility index (Phi) is 7.60. The van der Waals surface area contributed by atoms with Crippen LogP contribution in [0.2, 0.25) is 0 Å². The van der Waals surface area contributed by atoms with E-state index in [1.165, 1.54) is 16.8 Å². The average molecular weight is 479 g/mol. The highest BCUT2D eigenvalue weighted by Crippen LogP contribution is 2.34. The second kappa shape index (κ2) is 10.8. The van der Waals surface area contributed by atoms with Crippen LogP contribution in [0.1, 0.15) is 29.7 Å². The van der Waals surface area contributed by atoms with Crippen molar-refractivity contribution in [3.8, 4) is 5.75 Å². The van der Waals surface area contributed by atoms with Crippen LogP contribution in [0.3, 0.4) is 0 Å². The molecule has 4 rings (SSSR count). The lowest BCUT2D eigenvalue weighted by molar-refractivity contribution is -0.139. The molecule has 0 radical (unpaired) electrons. The number of urea groups is 1. The number of nitrogens with zero attached hydrogens (tertiary/aromatic N) is 2. The number of para-hydroxylation sites is 1. The number of hydrogen-bond acceptors (Lipinski definition) is 6. The molecule has 0 unspecified atom stereocenters. The fourth-order valence-electron chi connectivity index (χ4n) is 4.86. The zero-order valence-corrected chi connectivity index (χ0v) is 20.9. The molecule has 2 aliphatic rings. The summed E-state index contributed by atoms with van der Waals surface area (Å²) in [6, 6.07) is 12.9. The Labute approximate surface area is 206 Å². The molecule has 8 heteroatoms. The molecule has 8 nitrogen and oxygen atoms in total. The fourth-order valence-corrected chi connectivity index (χ4v) is 4.86. The summed E-state index contributed by atoms with van der Waals surface area (Å²) in [7, 11) is 1.58. The molecule has 2 aromatic rings. The van der Waals surface area contributed by atoms with Gasteiger partial charge in [0.25, 0.3) is 0 Å². The van der Waals surface area contributed by atoms with Crippen LogP contribution >= 0.6 is 0 Å². The zero-order chi connectivity index (χ0) is 24.9. The van der Waals surface area contributed by atoms with Crippen molar-refractivity contribution in [2.45, 2.75) is 26.8 Å². The van der Waals surface area contributed by atoms with E-state index in [1.54, 1.807) is 14.0 Å². The average Bonchev–Trinajstić information content (AvgIpc) is 2.84. The Hall–Kier alpha value is -3.52. The van der Waals surface area contributed by atoms with Crippen LogP contribution in [0.5, 0.6) is 5.75 Å². The third kappa shape index (κ3) is 5.43. The van der Waals surface area contributed by atoms with Crippen LogP contribution in [0.15, 0.2) is 53.7 Å². The first-order valence-corrected chi connectivity index (χ1v) is 12.1. The Morgan fingerprint density at radius 2 is 1.83 bits per heavy atom. The van der Waals surface area contributed by atoms with Gasteiger partial charge in [0.05, 0.1) is 25.3 Å². The Balaban J connectivity index is 1.58. The van der Waals surface area contributed by atoms with Gasteiger partial charge in [-0.15, -0.1) is 0 Å². The number of benzene rings is 2. The van der Waals surface area contributed by atoms with Crippen molar-refractivity contribution in [1.82, 2.24) is 15.5 Å². The summed E-state index contributed by atoms with van der Waals surface area (Å²) in [6.45, 7) is 10.1. The van der Waals surface area contributed by atoms with Crippen molar-refractivity contribution in [2.24, 2.45) is 0 Å². The first kappa shape index (κ1) is 24.6. The Morgan fingerprint density at radius 1 is 1.09 bits per heavy atom. The molecule has 0 saturated carbocycles. The van der Waals surface area contributed by atoms with E-state index in [0.29, 0.717) is 29.1 Å². The summed E-state index contributed by atoms with van der Waals surface area (Å²) in [5.41, 5.74) is 5.49. The van der Waals surface area contributed by atoms with E-state index < -0.39 is 12.0 Å². The number of ether oxygens (including phenoxy) is 2. The highest BCUT2D eigenvalue weighted by molar-refractivity contribution is 5.95. The van der Waals surface area contributed by atoms with Crippen molar-refractivity contribution in [2.75, 3.05) is 51.3 Å². The van der Waals surface area contributed by atoms with Gasteiger partial charge in [0, 0.05) is 49.7 Å². The second-order valence-electron chi connectivity index (χ2n) is 8.94. The first-order valence-electron chi connectivity index (χ1n) is 12.1. The number of esters is 1. The molecular weight excluding hydrogens is 444 g/mol. The summed E-state index contributed by atoms with van der Waals surface area (Å²) in [4.78, 5) is 30.4. The molecule has 186 valence electrons. The maximum atomic E-state index is 13.1. The molecule has 2 amide bonds. The SMILES string of the molecule is CCOC(=O)C1=C(CN2CCN(c3ccc(C)cc3C)CC2)NC(=O)N[C@@H]1c1ccccc1OC. The number of piperazine rings is 1. The van der Waals surface area contributed by atoms with E-state index in [2.05, 4.69) is 52.5 Å². The number of nitrogens with one attached hydrogen (secondary N) is 2. The van der Waals surface area contributed by atoms with Crippen LogP contribution in [-0.2, 0) is 9.53 Å². The largest absolute Gasteiger partial charge is 0.496 e. The van der Waals surface area contributed by atoms with E-state index >= 15 is 0 Å². The molecule has 0 aliphatic carbocycles. The van der Waals surface area contributed by atoms with Crippen molar-refractivity contribution in [3.63, 3.8) is 0 Å². The summed E-state index contributed by atoms with van der Waals surface area (Å²) in [6.07, 6.45) is 0. The van der Waals surface area contributed by atoms with Gasteiger partial charge in [0.15, 0.2) is 0 Å². The number of carbonyl (C=O) groups is 2. The minimum Gasteiger partial charge on any atom is -0.496 e. The predicted octanol–water partition coefficient (Wildman–Crippen LogP) is 3.31. The maximum Gasteiger partial charge on any atom is 0.338 e. The lowest BCUT2D eigenvalue weighted by atomic mass is 9.94. The van der Waals surface area contributed by atoms with Gasteiger partial charge in [-0.3, -0.25) is 4.90 Å². The van der Waals surface area contributed by atoms with Crippen molar-refractivity contribution < 1.29 is 19.1 Å². The molecule has 2 heterocycles. The molecule has 1 saturated heterocycles. The Morgan fingerprint density at radius 3 is 2.51 bits per heavy atom. The van der Waals surface area contributed by atoms with Gasteiger partial charge in [-0.25, -0.2) is 9.59 Å². The summed E-state index contributed by atoms with van der Waals surface area (Å²) >= 11 is 0. The van der Waals surface area contributed by atoms with Crippen molar-refractivity contribution in [1.29, 1.82) is 0 Å². The molecule has 0 aromatic heterocycles. The highest BCUT2D eigenvalue weighted by Gasteiger charge is 2.36. The number of carbonyl (C=O) groups excluding carboxylic acids is 2. The molecule has 0 spiro atoms. The monoisotopic (exact) mass is 478 g/mol. The number of aryl methyl sites for hydroxylation is 2. The summed E-state index contributed by atoms with van der Waals surface area (Å²) in [5.74, 6) is 0.155. The normalized spacial score (nSPS) is 18.7. The number of methoxy groups -OCH3 is 1. The van der Waals surface area contributed by atoms with E-state index in [1.807, 2.05) is 24.3 Å². The molecule has 0 bridgehead atoms. The van der Waals surface area contributed by atoms with E-state index in [-0.39, 0.29) is 12.6 Å². The van der Waals surface area contributed by atoms with Gasteiger partial charge < -0.3 is 25.0 Å². The van der Waals surface area contributed by atoms with E-state index in [0.717, 1.165) is 26.2 Å². The summed E-state index contributed by atoms with van der Waals surface area (Å²) in [5, 5.41) is 5.77. The highest BCUT2D eigenvalue weighted by atomic mass is 16.5. The zero-order valence-electron chi connectivity index (χ0n) is 20.9. The van der Waals surface area contributed by atoms with Gasteiger partial charge in [0.2, 0.25) is 0 Å². The number of rotatable bonds is 7. The van der Waals surface area contributed by atoms with Crippen LogP contribution in [-0.4, -0.2) is 63.3 Å². The quantitative estimate of drug-likeness (QED) is 0.594. The Bertz CT molecular complexity index is 1120. The van der Waals surface area contributed by atoms with Crippen LogP contribution in [0.25, 0.3) is 0 Å². The van der Waals surface area contributed by atoms with Gasteiger partial charge in [-0.1, -0.05) is 35.9 Å². The van der Waals surface area contributed by atoms with Crippen LogP contribution in [0, 0.1) is 13.8 Å². The van der Waals surface area contributed by atoms with E-state index in [9.17, 15) is 9.59 Å². The maximum absolute atomic E-state index is 13.1. The molecular formula is C27H34N4O4. The third-order valence-electron chi connectivity index (χ3n) is 6.55. The molecule has 35 heavy (non-hydrogen) atoms. The van der Waals surface area contributed by atoms with Gasteiger partial charge in [-0.05, 0) is 38.5 Å². The van der Waals surface area contributed by atoms with Crippen LogP contribution in [0.4, 0.5) is 10.5 Å². The third-order valence-corrected chi connectivity index (χ3v) is 6.55. The predicted molar refractivity (Wildman–Crippen MR) is 136 cm³/mol. The van der Waals surface area contributed by atoms with Gasteiger partial charge in [0.1, 0.15) is 5.75 Å². The minimum absolute atomic E-state index is 0.247. The van der Waals surface area contributed by atoms with Crippen LogP contribution < -0.4 is 20.3 Å². The van der Waals surface area contributed by atoms with E-state index in [4.69, 9.17) is 9.47 Å². The summed E-state index contributed by atoms with van der Waals surface area (Å²) < 4.78 is 10.9. The molecule has 2 aromatic carbocycles. The fraction of sp³-hybridized carbons (Fsp3) is 0.407. The standard InChI is InChI=1S/C27H34N4O4/c1-5-35-26(32)24-21(28-27(33)29-25(24)20-8-6-7-9-23(20)34-4)17-30-12-14-31(15-13-30)22-11-10-18(2)16-19(22)3/h6-11,16,25H,5,12-15,17H2,1-4H3,(H2,28,29,33)/t25-/m1/s1. The minimum atomic E-state index is -0.662. The second-order valence-corrected chi connectivity index (χ2v) is 8.94. The number of hydrogen-bond donors (Lipinski definition) is 2. The molecule has 2 aliphatic heterocycles. The lowest BCUT2D eigenvalue weighted by Gasteiger charge is -2.38. The topological polar surface area (TPSA) is 83.1 Å². The van der Waals surface area contributed by atoms with Gasteiger partial charge >= 0.3 is 12.0 Å². The first-order chi connectivity index (χ1) is 16.9. The van der Waals surface area contributed by atoms with Gasteiger partial charge in [-0.2, -0.15) is 0 Å². The van der Waals surface area contributed by atoms with Crippen molar-refractivity contribution >= 4 is 17.7 Å².